The number of hydrogen-bond donors (Lipinski definition) is 6. The van der Waals surface area contributed by atoms with E-state index in [2.05, 4.69) is 0 Å². The van der Waals surface area contributed by atoms with Crippen LogP contribution in [0.3, 0.4) is 0 Å². The monoisotopic (exact) mass is 200 g/mol. The van der Waals surface area contributed by atoms with E-state index in [0.29, 0.717) is 0 Å². The van der Waals surface area contributed by atoms with E-state index in [9.17, 15) is 0 Å². The first-order chi connectivity index (χ1) is 6.10. The van der Waals surface area contributed by atoms with Crippen LogP contribution in [0.1, 0.15) is 6.92 Å². The van der Waals surface area contributed by atoms with Gasteiger partial charge in [0.2, 0.25) is 0 Å². The lowest BCUT2D eigenvalue weighted by molar-refractivity contribution is 0.110. The van der Waals surface area contributed by atoms with Gasteiger partial charge in [0, 0.05) is 0 Å². The Kier molecular flexibility index (Phi) is 32.2. The van der Waals surface area contributed by atoms with Crippen LogP contribution in [-0.2, 0) is 0 Å². The fourth-order valence-electron chi connectivity index (χ4n) is 0. The van der Waals surface area contributed by atoms with Crippen LogP contribution in [0.5, 0.6) is 0 Å². The highest BCUT2D eigenvalue weighted by Crippen LogP contribution is 1.68. The van der Waals surface area contributed by atoms with Crippen LogP contribution in [0, 0.1) is 0 Å². The molecule has 0 aliphatic rings. The van der Waals surface area contributed by atoms with E-state index in [1.54, 1.807) is 0 Å². The molecule has 0 aliphatic carbocycles. The van der Waals surface area contributed by atoms with Crippen LogP contribution in [0.15, 0.2) is 0 Å². The molecule has 1 unspecified atom stereocenters. The molecule has 0 radical (unpaired) electrons. The lowest BCUT2D eigenvalue weighted by atomic mass is 10.5. The van der Waals surface area contributed by atoms with Gasteiger partial charge in [0.05, 0.1) is 39.1 Å². The van der Waals surface area contributed by atoms with Crippen molar-refractivity contribution in [3.63, 3.8) is 0 Å². The topological polar surface area (TPSA) is 121 Å². The highest BCUT2D eigenvalue weighted by Gasteiger charge is 1.83. The maximum Gasteiger partial charge on any atom is 0.0742 e. The fourth-order valence-corrected chi connectivity index (χ4v) is 0. The Morgan fingerprint density at radius 2 is 0.923 bits per heavy atom. The normalized spacial score (nSPS) is 10.4. The van der Waals surface area contributed by atoms with Crippen molar-refractivity contribution in [2.24, 2.45) is 0 Å². The quantitative estimate of drug-likeness (QED) is 0.295. The average molecular weight is 200 g/mol. The van der Waals surface area contributed by atoms with Crippen LogP contribution < -0.4 is 0 Å². The number of rotatable bonds is 3. The van der Waals surface area contributed by atoms with Gasteiger partial charge in [-0.15, -0.1) is 0 Å². The SMILES string of the molecule is CC(O)CO.OCCO.OCCO. The molecule has 1 atom stereocenters. The van der Waals surface area contributed by atoms with Gasteiger partial charge in [-0.3, -0.25) is 0 Å². The summed E-state index contributed by atoms with van der Waals surface area (Å²) in [6.45, 7) is 0.889. The van der Waals surface area contributed by atoms with E-state index in [0.717, 1.165) is 0 Å². The van der Waals surface area contributed by atoms with Crippen LogP contribution >= 0.6 is 0 Å². The molecule has 13 heavy (non-hydrogen) atoms. The lowest BCUT2D eigenvalue weighted by Crippen LogP contribution is -2.03. The highest BCUT2D eigenvalue weighted by atomic mass is 16.3. The molecule has 0 saturated heterocycles. The first kappa shape index (κ1) is 18.5. The second kappa shape index (κ2) is 22.6. The Labute approximate surface area is 77.7 Å². The Bertz CT molecular complexity index is 50.9. The van der Waals surface area contributed by atoms with Gasteiger partial charge in [-0.25, -0.2) is 0 Å². The summed E-state index contributed by atoms with van der Waals surface area (Å²) in [6.07, 6.45) is -0.560. The molecule has 0 aliphatic heterocycles. The standard InChI is InChI=1S/C3H8O2.2C2H6O2/c1-3(5)2-4;2*3-1-2-4/h3-5H,2H2,1H3;2*3-4H,1-2H2. The largest absolute Gasteiger partial charge is 0.394 e. The molecule has 0 aromatic carbocycles. The number of aliphatic hydroxyl groups is 6. The van der Waals surface area contributed by atoms with Crippen LogP contribution in [0.2, 0.25) is 0 Å². The van der Waals surface area contributed by atoms with Gasteiger partial charge in [-0.05, 0) is 6.92 Å². The lowest BCUT2D eigenvalue weighted by Gasteiger charge is -1.90. The van der Waals surface area contributed by atoms with Gasteiger partial charge in [0.25, 0.3) is 0 Å². The Balaban J connectivity index is -0.000000117. The molecule has 6 N–H and O–H groups in total. The summed E-state index contributed by atoms with van der Waals surface area (Å²) in [7, 11) is 0. The molecule has 6 heteroatoms. The van der Waals surface area contributed by atoms with Crippen LogP contribution in [0.4, 0.5) is 0 Å². The average Bonchev–Trinajstić information content (AvgIpc) is 2.18. The number of hydrogen-bond acceptors (Lipinski definition) is 6. The molecule has 0 heterocycles. The van der Waals surface area contributed by atoms with Gasteiger partial charge in [-0.2, -0.15) is 0 Å². The first-order valence-corrected chi connectivity index (χ1v) is 3.82. The zero-order chi connectivity index (χ0) is 11.1. The third kappa shape index (κ3) is 79.2. The van der Waals surface area contributed by atoms with Crippen molar-refractivity contribution in [2.75, 3.05) is 33.0 Å². The maximum atomic E-state index is 8.11. The van der Waals surface area contributed by atoms with Crippen LogP contribution in [-0.4, -0.2) is 69.8 Å². The summed E-state index contributed by atoms with van der Waals surface area (Å²) in [5.74, 6) is 0. The molecule has 0 aromatic rings. The minimum Gasteiger partial charge on any atom is -0.394 e. The summed E-state index contributed by atoms with van der Waals surface area (Å²) in [4.78, 5) is 0. The van der Waals surface area contributed by atoms with E-state index >= 15 is 0 Å². The fraction of sp³-hybridized carbons (Fsp3) is 1.00. The van der Waals surface area contributed by atoms with Crippen molar-refractivity contribution in [2.45, 2.75) is 13.0 Å². The predicted molar refractivity (Wildman–Crippen MR) is 47.1 cm³/mol. The maximum absolute atomic E-state index is 8.11. The molecule has 0 spiro atoms. The number of aliphatic hydroxyl groups excluding tert-OH is 6. The van der Waals surface area contributed by atoms with E-state index in [1.165, 1.54) is 6.92 Å². The van der Waals surface area contributed by atoms with Crippen molar-refractivity contribution in [1.82, 2.24) is 0 Å². The molecule has 0 saturated carbocycles. The summed E-state index contributed by atoms with van der Waals surface area (Å²) in [5, 5.41) is 46.5. The van der Waals surface area contributed by atoms with E-state index in [-0.39, 0.29) is 33.0 Å². The van der Waals surface area contributed by atoms with Gasteiger partial charge >= 0.3 is 0 Å². The van der Waals surface area contributed by atoms with Crippen LogP contribution in [0.25, 0.3) is 0 Å². The summed E-state index contributed by atoms with van der Waals surface area (Å²) < 4.78 is 0. The molecule has 0 rings (SSSR count). The minimum absolute atomic E-state index is 0.125. The van der Waals surface area contributed by atoms with Crippen molar-refractivity contribution in [3.05, 3.63) is 0 Å². The zero-order valence-corrected chi connectivity index (χ0v) is 7.80. The van der Waals surface area contributed by atoms with Gasteiger partial charge in [-0.1, -0.05) is 0 Å². The highest BCUT2D eigenvalue weighted by molar-refractivity contribution is 4.34. The molecule has 0 aromatic heterocycles. The second-order valence-electron chi connectivity index (χ2n) is 1.93. The molecule has 84 valence electrons. The smallest absolute Gasteiger partial charge is 0.0742 e. The summed E-state index contributed by atoms with van der Waals surface area (Å²) in [5.41, 5.74) is 0. The van der Waals surface area contributed by atoms with Crippen molar-refractivity contribution in [1.29, 1.82) is 0 Å². The molecular weight excluding hydrogens is 180 g/mol. The summed E-state index contributed by atoms with van der Waals surface area (Å²) >= 11 is 0. The molecule has 0 bridgehead atoms. The summed E-state index contributed by atoms with van der Waals surface area (Å²) in [6, 6.07) is 0. The molecule has 0 fully saturated rings. The molecule has 0 amide bonds. The molecular formula is C7H20O6. The minimum atomic E-state index is -0.560. The first-order valence-electron chi connectivity index (χ1n) is 3.82. The van der Waals surface area contributed by atoms with E-state index < -0.39 is 6.10 Å². The third-order valence-corrected chi connectivity index (χ3v) is 0.464. The van der Waals surface area contributed by atoms with Gasteiger partial charge < -0.3 is 30.6 Å². The predicted octanol–water partition coefficient (Wildman–Crippen LogP) is -2.70. The van der Waals surface area contributed by atoms with Gasteiger partial charge in [0.15, 0.2) is 0 Å². The Morgan fingerprint density at radius 3 is 0.923 bits per heavy atom. The second-order valence-corrected chi connectivity index (χ2v) is 1.93. The third-order valence-electron chi connectivity index (χ3n) is 0.464. The van der Waals surface area contributed by atoms with Crippen molar-refractivity contribution >= 4 is 0 Å². The van der Waals surface area contributed by atoms with Crippen molar-refractivity contribution < 1.29 is 30.6 Å². The Morgan fingerprint density at radius 1 is 0.769 bits per heavy atom. The van der Waals surface area contributed by atoms with E-state index in [1.807, 2.05) is 0 Å². The Hall–Kier alpha value is -0.240. The van der Waals surface area contributed by atoms with E-state index in [4.69, 9.17) is 30.6 Å². The van der Waals surface area contributed by atoms with Gasteiger partial charge in [0.1, 0.15) is 0 Å². The molecule has 6 nitrogen and oxygen atoms in total. The van der Waals surface area contributed by atoms with Crippen molar-refractivity contribution in [3.8, 4) is 0 Å². The zero-order valence-electron chi connectivity index (χ0n) is 7.80.